The first kappa shape index (κ1) is 27.0. The van der Waals surface area contributed by atoms with Crippen LogP contribution < -0.4 is 11.1 Å². The molecule has 10 nitrogen and oxygen atoms in total. The second kappa shape index (κ2) is 9.43. The van der Waals surface area contributed by atoms with E-state index in [-0.39, 0.29) is 12.5 Å². The highest BCUT2D eigenvalue weighted by atomic mass is 32.1. The van der Waals surface area contributed by atoms with E-state index < -0.39 is 17.4 Å². The zero-order valence-corrected chi connectivity index (χ0v) is 25.0. The molecular weight excluding hydrogens is 572 g/mol. The molecule has 5 heterocycles. The number of nitrogens with zero attached hydrogens (tertiary/aromatic N) is 7. The molecular formula is C30H33F2N9OS. The van der Waals surface area contributed by atoms with Crippen LogP contribution in [0.3, 0.4) is 0 Å². The van der Waals surface area contributed by atoms with Crippen molar-refractivity contribution in [1.29, 1.82) is 5.26 Å². The molecule has 0 amide bonds. The first-order chi connectivity index (χ1) is 20.7. The fraction of sp³-hybridized carbons (Fsp3) is 0.567. The third-order valence-electron chi connectivity index (χ3n) is 10.2. The third-order valence-corrected chi connectivity index (χ3v) is 11.3. The van der Waals surface area contributed by atoms with E-state index in [2.05, 4.69) is 35.4 Å². The number of hydrogen-bond acceptors (Lipinski definition) is 10. The van der Waals surface area contributed by atoms with E-state index in [1.807, 2.05) is 4.68 Å². The van der Waals surface area contributed by atoms with Crippen molar-refractivity contribution in [1.82, 2.24) is 29.8 Å². The molecule has 4 aromatic rings. The summed E-state index contributed by atoms with van der Waals surface area (Å²) in [5, 5.41) is 23.4. The fourth-order valence-electron chi connectivity index (χ4n) is 7.90. The van der Waals surface area contributed by atoms with Crippen molar-refractivity contribution in [2.24, 2.45) is 0 Å². The van der Waals surface area contributed by atoms with E-state index in [1.165, 1.54) is 11.3 Å². The summed E-state index contributed by atoms with van der Waals surface area (Å²) in [6.45, 7) is 3.15. The highest BCUT2D eigenvalue weighted by molar-refractivity contribution is 7.16. The lowest BCUT2D eigenvalue weighted by Gasteiger charge is -2.39. The molecule has 4 aliphatic rings. The Labute approximate surface area is 251 Å². The molecule has 224 valence electrons. The number of likely N-dealkylation sites (N-methyl/N-ethyl adjacent to an activating group) is 1. The predicted molar refractivity (Wildman–Crippen MR) is 158 cm³/mol. The number of alkyl halides is 2. The van der Waals surface area contributed by atoms with Gasteiger partial charge in [0.25, 0.3) is 5.92 Å². The van der Waals surface area contributed by atoms with Gasteiger partial charge in [-0.3, -0.25) is 0 Å². The number of fused-ring (bicyclic) bond motifs is 5. The molecule has 4 atom stereocenters. The van der Waals surface area contributed by atoms with Crippen LogP contribution in [-0.2, 0) is 18.3 Å². The van der Waals surface area contributed by atoms with Crippen LogP contribution in [0.5, 0.6) is 0 Å². The number of aromatic nitrogens is 5. The lowest BCUT2D eigenvalue weighted by molar-refractivity contribution is 0.115. The van der Waals surface area contributed by atoms with E-state index in [0.717, 1.165) is 79.7 Å². The Morgan fingerprint density at radius 2 is 2.02 bits per heavy atom. The Bertz CT molecular complexity index is 1800. The maximum absolute atomic E-state index is 14.1. The number of likely N-dealkylation sites (tertiary alicyclic amines) is 1. The molecule has 1 saturated carbocycles. The highest BCUT2D eigenvalue weighted by Crippen LogP contribution is 2.55. The molecule has 13 heteroatoms. The van der Waals surface area contributed by atoms with Gasteiger partial charge in [0.1, 0.15) is 16.9 Å². The SMILES string of the molecule is CC(C1CCCN1C)n1ncc2c(NC3CC3(F)F)nc(-c3noc4c3CCCC43CCCc4sc(N)c(C#N)c43)nc21. The molecule has 0 radical (unpaired) electrons. The summed E-state index contributed by atoms with van der Waals surface area (Å²) in [4.78, 5) is 13.3. The number of halogens is 2. The average molecular weight is 606 g/mol. The smallest absolute Gasteiger partial charge is 0.270 e. The Hall–Kier alpha value is -3.63. The fourth-order valence-corrected chi connectivity index (χ4v) is 9.06. The molecule has 3 N–H and O–H groups in total. The van der Waals surface area contributed by atoms with Crippen LogP contribution in [0.25, 0.3) is 22.6 Å². The topological polar surface area (TPSA) is 135 Å². The van der Waals surface area contributed by atoms with Crippen molar-refractivity contribution in [3.05, 3.63) is 33.5 Å². The van der Waals surface area contributed by atoms with Gasteiger partial charge in [-0.15, -0.1) is 11.3 Å². The number of nitrogen functional groups attached to an aromatic ring is 1. The van der Waals surface area contributed by atoms with Gasteiger partial charge in [0.15, 0.2) is 22.9 Å². The summed E-state index contributed by atoms with van der Waals surface area (Å²) in [6.07, 6.45) is 8.75. The Balaban J connectivity index is 1.27. The molecule has 0 bridgehead atoms. The third kappa shape index (κ3) is 3.95. The van der Waals surface area contributed by atoms with Crippen molar-refractivity contribution in [3.63, 3.8) is 0 Å². The standard InChI is InChI=1S/C30H33F2N9OS/c1-15(19-7-5-11-40(19)2)41-28-18(14-35-41)26(36-21-12-30(21,31)32)37-27(38-28)23-16-6-3-9-29(24(16)42-39-23)10-4-8-20-22(29)17(13-33)25(34)43-20/h14-15,19,21H,3-12,34H2,1-2H3,(H,36,37,38). The summed E-state index contributed by atoms with van der Waals surface area (Å²) in [5.74, 6) is -1.35. The number of nitrogens with one attached hydrogen (secondary N) is 1. The second-order valence-corrected chi connectivity index (χ2v) is 13.8. The summed E-state index contributed by atoms with van der Waals surface area (Å²) >= 11 is 1.50. The van der Waals surface area contributed by atoms with Crippen LogP contribution in [-0.4, -0.2) is 61.4 Å². The number of nitriles is 1. The monoisotopic (exact) mass is 605 g/mol. The Morgan fingerprint density at radius 1 is 1.23 bits per heavy atom. The maximum atomic E-state index is 14.1. The quantitative estimate of drug-likeness (QED) is 0.305. The van der Waals surface area contributed by atoms with Crippen LogP contribution in [0.1, 0.15) is 85.2 Å². The molecule has 4 aromatic heterocycles. The zero-order valence-electron chi connectivity index (χ0n) is 24.2. The van der Waals surface area contributed by atoms with E-state index in [1.54, 1.807) is 6.20 Å². The van der Waals surface area contributed by atoms with E-state index in [4.69, 9.17) is 25.3 Å². The van der Waals surface area contributed by atoms with Gasteiger partial charge in [0.2, 0.25) is 0 Å². The Kier molecular flexibility index (Phi) is 5.91. The van der Waals surface area contributed by atoms with Crippen molar-refractivity contribution >= 4 is 33.2 Å². The Morgan fingerprint density at radius 3 is 2.74 bits per heavy atom. The average Bonchev–Trinajstić information content (AvgIpc) is 3.56. The van der Waals surface area contributed by atoms with Gasteiger partial charge in [0, 0.05) is 22.9 Å². The predicted octanol–water partition coefficient (Wildman–Crippen LogP) is 5.43. The van der Waals surface area contributed by atoms with Gasteiger partial charge in [-0.05, 0) is 77.4 Å². The van der Waals surface area contributed by atoms with Crippen LogP contribution in [0.2, 0.25) is 0 Å². The number of anilines is 2. The minimum absolute atomic E-state index is 0.0200. The van der Waals surface area contributed by atoms with Crippen molar-refractivity contribution in [2.75, 3.05) is 24.6 Å². The van der Waals surface area contributed by atoms with Gasteiger partial charge < -0.3 is 20.5 Å². The van der Waals surface area contributed by atoms with E-state index in [0.29, 0.717) is 45.0 Å². The number of hydrogen-bond donors (Lipinski definition) is 2. The first-order valence-electron chi connectivity index (χ1n) is 15.1. The van der Waals surface area contributed by atoms with Gasteiger partial charge in [-0.25, -0.2) is 23.4 Å². The largest absolute Gasteiger partial charge is 0.389 e. The van der Waals surface area contributed by atoms with E-state index >= 15 is 0 Å². The minimum Gasteiger partial charge on any atom is -0.389 e. The lowest BCUT2D eigenvalue weighted by Crippen LogP contribution is -2.35. The zero-order chi connectivity index (χ0) is 29.7. The maximum Gasteiger partial charge on any atom is 0.270 e. The van der Waals surface area contributed by atoms with Gasteiger partial charge >= 0.3 is 0 Å². The molecule has 43 heavy (non-hydrogen) atoms. The number of thiophene rings is 1. The molecule has 1 saturated heterocycles. The van der Waals surface area contributed by atoms with Crippen molar-refractivity contribution < 1.29 is 13.3 Å². The summed E-state index contributed by atoms with van der Waals surface area (Å²) in [6, 6.07) is 1.69. The molecule has 1 aliphatic heterocycles. The molecule has 3 aliphatic carbocycles. The van der Waals surface area contributed by atoms with Crippen LogP contribution >= 0.6 is 11.3 Å². The van der Waals surface area contributed by atoms with Gasteiger partial charge in [-0.1, -0.05) is 5.16 Å². The van der Waals surface area contributed by atoms with Gasteiger partial charge in [0.05, 0.1) is 34.6 Å². The highest BCUT2D eigenvalue weighted by Gasteiger charge is 2.57. The number of nitrogens with two attached hydrogens (primary N) is 1. The summed E-state index contributed by atoms with van der Waals surface area (Å²) < 4.78 is 36.2. The molecule has 0 aromatic carbocycles. The van der Waals surface area contributed by atoms with Gasteiger partial charge in [-0.2, -0.15) is 10.4 Å². The van der Waals surface area contributed by atoms with Crippen molar-refractivity contribution in [3.8, 4) is 17.6 Å². The van der Waals surface area contributed by atoms with E-state index in [9.17, 15) is 14.0 Å². The second-order valence-electron chi connectivity index (χ2n) is 12.7. The first-order valence-corrected chi connectivity index (χ1v) is 15.9. The van der Waals surface area contributed by atoms with Crippen LogP contribution in [0.4, 0.5) is 19.6 Å². The molecule has 4 unspecified atom stereocenters. The molecule has 2 fully saturated rings. The molecule has 1 spiro atoms. The lowest BCUT2D eigenvalue weighted by atomic mass is 9.63. The van der Waals surface area contributed by atoms with Crippen LogP contribution in [0.15, 0.2) is 10.7 Å². The van der Waals surface area contributed by atoms with Crippen LogP contribution in [0, 0.1) is 11.3 Å². The summed E-state index contributed by atoms with van der Waals surface area (Å²) in [7, 11) is 2.12. The normalized spacial score (nSPS) is 26.8. The molecule has 8 rings (SSSR count). The van der Waals surface area contributed by atoms with Crippen molar-refractivity contribution in [2.45, 2.75) is 94.2 Å². The number of aryl methyl sites for hydroxylation is 1. The minimum atomic E-state index is -2.77. The number of rotatable bonds is 5. The summed E-state index contributed by atoms with van der Waals surface area (Å²) in [5.41, 5.74) is 9.41.